The van der Waals surface area contributed by atoms with Crippen LogP contribution < -0.4 is 5.73 Å². The Balaban J connectivity index is 1.88. The SMILES string of the molecule is CSc1ccc(CC2CCC(N)CC2)cc1. The maximum absolute atomic E-state index is 5.93. The molecule has 0 radical (unpaired) electrons. The molecule has 0 aliphatic heterocycles. The average Bonchev–Trinajstić information content (AvgIpc) is 2.33. The normalized spacial score (nSPS) is 25.6. The van der Waals surface area contributed by atoms with Crippen LogP contribution in [0.15, 0.2) is 29.2 Å². The monoisotopic (exact) mass is 235 g/mol. The topological polar surface area (TPSA) is 26.0 Å². The van der Waals surface area contributed by atoms with Crippen molar-refractivity contribution < 1.29 is 0 Å². The lowest BCUT2D eigenvalue weighted by molar-refractivity contribution is 0.325. The van der Waals surface area contributed by atoms with Gasteiger partial charge in [-0.25, -0.2) is 0 Å². The minimum Gasteiger partial charge on any atom is -0.328 e. The molecule has 1 nitrogen and oxygen atoms in total. The molecule has 1 aromatic carbocycles. The second-order valence-corrected chi connectivity index (χ2v) is 5.71. The highest BCUT2D eigenvalue weighted by Crippen LogP contribution is 2.27. The second-order valence-electron chi connectivity index (χ2n) is 4.83. The smallest absolute Gasteiger partial charge is 0.00693 e. The molecular weight excluding hydrogens is 214 g/mol. The van der Waals surface area contributed by atoms with Crippen LogP contribution in [0.1, 0.15) is 31.2 Å². The van der Waals surface area contributed by atoms with E-state index in [1.54, 1.807) is 0 Å². The van der Waals surface area contributed by atoms with E-state index in [4.69, 9.17) is 5.73 Å². The predicted octanol–water partition coefficient (Wildman–Crippen LogP) is 3.47. The van der Waals surface area contributed by atoms with E-state index in [0.717, 1.165) is 5.92 Å². The van der Waals surface area contributed by atoms with Crippen molar-refractivity contribution in [1.29, 1.82) is 0 Å². The Morgan fingerprint density at radius 2 is 1.75 bits per heavy atom. The van der Waals surface area contributed by atoms with E-state index in [-0.39, 0.29) is 0 Å². The summed E-state index contributed by atoms with van der Waals surface area (Å²) in [5, 5.41) is 0. The van der Waals surface area contributed by atoms with Gasteiger partial charge in [0.2, 0.25) is 0 Å². The third kappa shape index (κ3) is 3.26. The van der Waals surface area contributed by atoms with Crippen molar-refractivity contribution >= 4 is 11.8 Å². The molecule has 0 bridgehead atoms. The zero-order valence-corrected chi connectivity index (χ0v) is 10.8. The van der Waals surface area contributed by atoms with Crippen molar-refractivity contribution in [3.63, 3.8) is 0 Å². The summed E-state index contributed by atoms with van der Waals surface area (Å²) in [7, 11) is 0. The number of rotatable bonds is 3. The van der Waals surface area contributed by atoms with Gasteiger partial charge in [0.15, 0.2) is 0 Å². The first-order chi connectivity index (χ1) is 7.78. The standard InChI is InChI=1S/C14H21NS/c1-16-14-8-4-12(5-9-14)10-11-2-6-13(15)7-3-11/h4-5,8-9,11,13H,2-3,6-7,10,15H2,1H3. The summed E-state index contributed by atoms with van der Waals surface area (Å²) in [6.45, 7) is 0. The minimum absolute atomic E-state index is 0.468. The zero-order chi connectivity index (χ0) is 11.4. The Bertz CT molecular complexity index is 312. The number of nitrogens with two attached hydrogens (primary N) is 1. The van der Waals surface area contributed by atoms with Crippen molar-refractivity contribution in [1.82, 2.24) is 0 Å². The Morgan fingerprint density at radius 1 is 1.12 bits per heavy atom. The molecule has 88 valence electrons. The van der Waals surface area contributed by atoms with Crippen LogP contribution in [-0.2, 0) is 6.42 Å². The molecule has 0 unspecified atom stereocenters. The molecule has 1 fully saturated rings. The maximum Gasteiger partial charge on any atom is 0.00693 e. The highest BCUT2D eigenvalue weighted by molar-refractivity contribution is 7.98. The fourth-order valence-corrected chi connectivity index (χ4v) is 2.90. The van der Waals surface area contributed by atoms with Crippen molar-refractivity contribution in [2.45, 2.75) is 43.0 Å². The van der Waals surface area contributed by atoms with Gasteiger partial charge in [-0.15, -0.1) is 11.8 Å². The molecule has 0 heterocycles. The number of hydrogen-bond acceptors (Lipinski definition) is 2. The fourth-order valence-electron chi connectivity index (χ4n) is 2.49. The summed E-state index contributed by atoms with van der Waals surface area (Å²) in [5.41, 5.74) is 7.41. The summed E-state index contributed by atoms with van der Waals surface area (Å²) < 4.78 is 0. The molecule has 0 amide bonds. The van der Waals surface area contributed by atoms with Crippen molar-refractivity contribution in [3.05, 3.63) is 29.8 Å². The molecule has 1 aliphatic rings. The zero-order valence-electron chi connectivity index (χ0n) is 9.99. The lowest BCUT2D eigenvalue weighted by Crippen LogP contribution is -2.27. The van der Waals surface area contributed by atoms with Gasteiger partial charge in [0.25, 0.3) is 0 Å². The molecule has 0 atom stereocenters. The molecule has 2 N–H and O–H groups in total. The van der Waals surface area contributed by atoms with Gasteiger partial charge in [0.1, 0.15) is 0 Å². The van der Waals surface area contributed by atoms with Crippen LogP contribution in [0, 0.1) is 5.92 Å². The van der Waals surface area contributed by atoms with Crippen LogP contribution in [0.4, 0.5) is 0 Å². The van der Waals surface area contributed by atoms with Gasteiger partial charge >= 0.3 is 0 Å². The van der Waals surface area contributed by atoms with Crippen LogP contribution in [0.2, 0.25) is 0 Å². The van der Waals surface area contributed by atoms with Crippen LogP contribution >= 0.6 is 11.8 Å². The molecule has 2 rings (SSSR count). The summed E-state index contributed by atoms with van der Waals surface area (Å²) in [6, 6.07) is 9.49. The summed E-state index contributed by atoms with van der Waals surface area (Å²) in [6.07, 6.45) is 8.41. The largest absolute Gasteiger partial charge is 0.328 e. The Hall–Kier alpha value is -0.470. The van der Waals surface area contributed by atoms with Crippen LogP contribution in [0.25, 0.3) is 0 Å². The van der Waals surface area contributed by atoms with E-state index in [0.29, 0.717) is 6.04 Å². The summed E-state index contributed by atoms with van der Waals surface area (Å²) in [5.74, 6) is 0.861. The number of thioether (sulfide) groups is 1. The average molecular weight is 235 g/mol. The molecule has 0 aromatic heterocycles. The first-order valence-electron chi connectivity index (χ1n) is 6.16. The van der Waals surface area contributed by atoms with E-state index in [9.17, 15) is 0 Å². The third-order valence-corrected chi connectivity index (χ3v) is 4.32. The van der Waals surface area contributed by atoms with E-state index in [2.05, 4.69) is 30.5 Å². The van der Waals surface area contributed by atoms with Gasteiger partial charge in [-0.05, 0) is 62.0 Å². The molecule has 1 saturated carbocycles. The lowest BCUT2D eigenvalue weighted by Gasteiger charge is -2.26. The third-order valence-electron chi connectivity index (χ3n) is 3.57. The van der Waals surface area contributed by atoms with Gasteiger partial charge in [-0.2, -0.15) is 0 Å². The van der Waals surface area contributed by atoms with Crippen molar-refractivity contribution in [2.24, 2.45) is 11.7 Å². The van der Waals surface area contributed by atoms with Crippen LogP contribution in [0.3, 0.4) is 0 Å². The van der Waals surface area contributed by atoms with Crippen molar-refractivity contribution in [2.75, 3.05) is 6.26 Å². The lowest BCUT2D eigenvalue weighted by atomic mass is 9.83. The highest BCUT2D eigenvalue weighted by atomic mass is 32.2. The maximum atomic E-state index is 5.93. The van der Waals surface area contributed by atoms with E-state index in [1.807, 2.05) is 11.8 Å². The summed E-state index contributed by atoms with van der Waals surface area (Å²) in [4.78, 5) is 1.36. The Kier molecular flexibility index (Phi) is 4.30. The molecule has 0 saturated heterocycles. The van der Waals surface area contributed by atoms with E-state index >= 15 is 0 Å². The first kappa shape index (κ1) is 12.0. The Morgan fingerprint density at radius 3 is 2.31 bits per heavy atom. The van der Waals surface area contributed by atoms with Crippen LogP contribution in [-0.4, -0.2) is 12.3 Å². The second kappa shape index (κ2) is 5.74. The summed E-state index contributed by atoms with van der Waals surface area (Å²) >= 11 is 1.81. The molecule has 16 heavy (non-hydrogen) atoms. The molecule has 1 aliphatic carbocycles. The molecule has 1 aromatic rings. The van der Waals surface area contributed by atoms with Gasteiger partial charge < -0.3 is 5.73 Å². The highest BCUT2D eigenvalue weighted by Gasteiger charge is 2.18. The van der Waals surface area contributed by atoms with Gasteiger partial charge in [0.05, 0.1) is 0 Å². The number of hydrogen-bond donors (Lipinski definition) is 1. The van der Waals surface area contributed by atoms with E-state index in [1.165, 1.54) is 42.6 Å². The first-order valence-corrected chi connectivity index (χ1v) is 7.39. The predicted molar refractivity (Wildman–Crippen MR) is 71.9 cm³/mol. The Labute approximate surface area is 103 Å². The van der Waals surface area contributed by atoms with Crippen molar-refractivity contribution in [3.8, 4) is 0 Å². The van der Waals surface area contributed by atoms with Gasteiger partial charge in [-0.1, -0.05) is 12.1 Å². The number of benzene rings is 1. The fraction of sp³-hybridized carbons (Fsp3) is 0.571. The van der Waals surface area contributed by atoms with Crippen LogP contribution in [0.5, 0.6) is 0 Å². The molecule has 0 spiro atoms. The quantitative estimate of drug-likeness (QED) is 0.812. The van der Waals surface area contributed by atoms with E-state index < -0.39 is 0 Å². The molecular formula is C14H21NS. The van der Waals surface area contributed by atoms with Gasteiger partial charge in [-0.3, -0.25) is 0 Å². The minimum atomic E-state index is 0.468. The van der Waals surface area contributed by atoms with Gasteiger partial charge in [0, 0.05) is 10.9 Å². The molecule has 2 heteroatoms.